The van der Waals surface area contributed by atoms with Crippen LogP contribution in [0.15, 0.2) is 34.1 Å². The molecule has 2 aromatic rings. The molecule has 0 aliphatic carbocycles. The zero-order valence-electron chi connectivity index (χ0n) is 10.7. The topological polar surface area (TPSA) is 49.3 Å². The number of carbonyl (C=O) groups is 1. The Bertz CT molecular complexity index is 653. The lowest BCUT2D eigenvalue weighted by molar-refractivity contribution is 0.0956. The van der Waals surface area contributed by atoms with Gasteiger partial charge < -0.3 is 10.4 Å². The highest BCUT2D eigenvalue weighted by atomic mass is 79.9. The molecule has 3 rings (SSSR count). The van der Waals surface area contributed by atoms with Crippen LogP contribution < -0.4 is 5.32 Å². The lowest BCUT2D eigenvalue weighted by Gasteiger charge is -2.13. The normalized spacial score (nSPS) is 16.2. The molecule has 0 bridgehead atoms. The van der Waals surface area contributed by atoms with Crippen LogP contribution in [-0.4, -0.2) is 17.6 Å². The summed E-state index contributed by atoms with van der Waals surface area (Å²) < 4.78 is 0.898. The molecule has 5 heteroatoms. The van der Waals surface area contributed by atoms with E-state index in [1.807, 2.05) is 29.6 Å². The molecule has 1 aliphatic rings. The molecule has 0 fully saturated rings. The molecule has 0 saturated heterocycles. The monoisotopic (exact) mass is 351 g/mol. The maximum atomic E-state index is 12.0. The average molecular weight is 352 g/mol. The number of benzene rings is 1. The molecule has 1 atom stereocenters. The van der Waals surface area contributed by atoms with Crippen LogP contribution in [0.1, 0.15) is 38.9 Å². The van der Waals surface area contributed by atoms with Crippen molar-refractivity contribution in [1.82, 2.24) is 5.32 Å². The van der Waals surface area contributed by atoms with Crippen LogP contribution in [0.4, 0.5) is 0 Å². The van der Waals surface area contributed by atoms with Gasteiger partial charge in [0.1, 0.15) is 6.10 Å². The Morgan fingerprint density at radius 2 is 2.20 bits per heavy atom. The zero-order chi connectivity index (χ0) is 14.1. The van der Waals surface area contributed by atoms with Gasteiger partial charge in [-0.2, -0.15) is 0 Å². The number of rotatable bonds is 2. The van der Waals surface area contributed by atoms with Crippen LogP contribution in [0.5, 0.6) is 0 Å². The van der Waals surface area contributed by atoms with Gasteiger partial charge in [-0.25, -0.2) is 0 Å². The Balaban J connectivity index is 2.00. The second kappa shape index (κ2) is 5.68. The molecule has 1 aromatic carbocycles. The molecule has 1 amide bonds. The van der Waals surface area contributed by atoms with Crippen molar-refractivity contribution in [2.24, 2.45) is 0 Å². The van der Waals surface area contributed by atoms with Crippen LogP contribution in [0, 0.1) is 0 Å². The first kappa shape index (κ1) is 13.8. The first-order valence-corrected chi connectivity index (χ1v) is 8.16. The van der Waals surface area contributed by atoms with Crippen molar-refractivity contribution in [2.45, 2.75) is 18.9 Å². The van der Waals surface area contributed by atoms with Gasteiger partial charge in [0.25, 0.3) is 5.91 Å². The van der Waals surface area contributed by atoms with Crippen LogP contribution in [0.2, 0.25) is 0 Å². The number of aliphatic hydroxyl groups excluding tert-OH is 1. The lowest BCUT2D eigenvalue weighted by atomic mass is 9.98. The highest BCUT2D eigenvalue weighted by molar-refractivity contribution is 9.10. The first-order valence-electron chi connectivity index (χ1n) is 6.49. The van der Waals surface area contributed by atoms with Gasteiger partial charge in [0.05, 0.1) is 4.88 Å². The summed E-state index contributed by atoms with van der Waals surface area (Å²) >= 11 is 4.93. The molecular formula is C15H14BrNO2S. The maximum absolute atomic E-state index is 12.0. The Morgan fingerprint density at radius 3 is 2.95 bits per heavy atom. The third kappa shape index (κ3) is 2.53. The molecule has 3 nitrogen and oxygen atoms in total. The van der Waals surface area contributed by atoms with E-state index in [0.717, 1.165) is 33.3 Å². The summed E-state index contributed by atoms with van der Waals surface area (Å²) in [5.41, 5.74) is 2.50. The summed E-state index contributed by atoms with van der Waals surface area (Å²) in [6.45, 7) is 0.710. The first-order chi connectivity index (χ1) is 9.66. The second-order valence-electron chi connectivity index (χ2n) is 4.81. The van der Waals surface area contributed by atoms with Gasteiger partial charge in [0.2, 0.25) is 0 Å². The fourth-order valence-corrected chi connectivity index (χ4v) is 4.02. The fraction of sp³-hybridized carbons (Fsp3) is 0.267. The van der Waals surface area contributed by atoms with Crippen LogP contribution >= 0.6 is 27.3 Å². The van der Waals surface area contributed by atoms with E-state index in [1.165, 1.54) is 11.3 Å². The third-order valence-electron chi connectivity index (χ3n) is 3.50. The molecule has 2 heterocycles. The van der Waals surface area contributed by atoms with E-state index < -0.39 is 6.10 Å². The molecule has 0 radical (unpaired) electrons. The Kier molecular flexibility index (Phi) is 3.92. The lowest BCUT2D eigenvalue weighted by Crippen LogP contribution is -2.22. The number of carbonyl (C=O) groups excluding carboxylic acids is 1. The largest absolute Gasteiger partial charge is 0.383 e. The molecule has 20 heavy (non-hydrogen) atoms. The summed E-state index contributed by atoms with van der Waals surface area (Å²) in [6, 6.07) is 7.60. The zero-order valence-corrected chi connectivity index (χ0v) is 13.1. The Hall–Kier alpha value is -1.17. The quantitative estimate of drug-likeness (QED) is 0.872. The number of nitrogens with one attached hydrogen (secondary N) is 1. The number of thiophene rings is 1. The molecule has 1 aliphatic heterocycles. The molecular weight excluding hydrogens is 338 g/mol. The van der Waals surface area contributed by atoms with Crippen LogP contribution in [0.25, 0.3) is 0 Å². The minimum Gasteiger partial charge on any atom is -0.383 e. The number of hydrogen-bond acceptors (Lipinski definition) is 3. The number of aliphatic hydroxyl groups is 1. The van der Waals surface area contributed by atoms with Crippen molar-refractivity contribution in [3.8, 4) is 0 Å². The predicted octanol–water partition coefficient (Wildman–Crippen LogP) is 3.27. The van der Waals surface area contributed by atoms with Gasteiger partial charge in [-0.05, 0) is 57.4 Å². The summed E-state index contributed by atoms with van der Waals surface area (Å²) in [7, 11) is 0. The van der Waals surface area contributed by atoms with Gasteiger partial charge in [0, 0.05) is 16.6 Å². The van der Waals surface area contributed by atoms with Crippen LogP contribution in [-0.2, 0) is 6.42 Å². The van der Waals surface area contributed by atoms with E-state index in [2.05, 4.69) is 21.2 Å². The number of halogens is 1. The smallest absolute Gasteiger partial charge is 0.251 e. The highest BCUT2D eigenvalue weighted by Gasteiger charge is 2.20. The number of fused-ring (bicyclic) bond motifs is 1. The Morgan fingerprint density at radius 1 is 1.35 bits per heavy atom. The van der Waals surface area contributed by atoms with E-state index in [0.29, 0.717) is 12.1 Å². The summed E-state index contributed by atoms with van der Waals surface area (Å²) in [5, 5.41) is 15.3. The fourth-order valence-electron chi connectivity index (χ4n) is 2.42. The van der Waals surface area contributed by atoms with Crippen molar-refractivity contribution < 1.29 is 9.90 Å². The van der Waals surface area contributed by atoms with E-state index in [1.54, 1.807) is 0 Å². The third-order valence-corrected chi connectivity index (χ3v) is 5.42. The maximum Gasteiger partial charge on any atom is 0.251 e. The van der Waals surface area contributed by atoms with Crippen LogP contribution in [0.3, 0.4) is 0 Å². The van der Waals surface area contributed by atoms with Crippen molar-refractivity contribution in [3.05, 3.63) is 55.7 Å². The predicted molar refractivity (Wildman–Crippen MR) is 83.2 cm³/mol. The van der Waals surface area contributed by atoms with E-state index in [-0.39, 0.29) is 5.91 Å². The van der Waals surface area contributed by atoms with Crippen molar-refractivity contribution >= 4 is 33.2 Å². The molecule has 0 spiro atoms. The second-order valence-corrected chi connectivity index (χ2v) is 6.61. The molecule has 2 N–H and O–H groups in total. The minimum atomic E-state index is -0.703. The van der Waals surface area contributed by atoms with Gasteiger partial charge in [-0.1, -0.05) is 12.1 Å². The average Bonchev–Trinajstić information content (AvgIpc) is 2.79. The van der Waals surface area contributed by atoms with Crippen molar-refractivity contribution in [1.29, 1.82) is 0 Å². The van der Waals surface area contributed by atoms with Gasteiger partial charge in [0.15, 0.2) is 0 Å². The standard InChI is InChI=1S/C15H14BrNO2S/c16-12-5-7-20-14(12)13(18)10-4-3-9-2-1-6-17-15(19)11(9)8-10/h3-5,7-8,13,18H,1-2,6H2,(H,17,19). The van der Waals surface area contributed by atoms with E-state index in [4.69, 9.17) is 0 Å². The SMILES string of the molecule is O=C1NCCCc2ccc(C(O)c3sccc3Br)cc21. The van der Waals surface area contributed by atoms with Crippen molar-refractivity contribution in [3.63, 3.8) is 0 Å². The van der Waals surface area contributed by atoms with Gasteiger partial charge >= 0.3 is 0 Å². The summed E-state index contributed by atoms with van der Waals surface area (Å²) in [6.07, 6.45) is 1.15. The van der Waals surface area contributed by atoms with E-state index >= 15 is 0 Å². The summed E-state index contributed by atoms with van der Waals surface area (Å²) in [5.74, 6) is -0.0446. The van der Waals surface area contributed by atoms with Gasteiger partial charge in [-0.3, -0.25) is 4.79 Å². The molecule has 1 unspecified atom stereocenters. The minimum absolute atomic E-state index is 0.0446. The number of hydrogen-bond donors (Lipinski definition) is 2. The van der Waals surface area contributed by atoms with Gasteiger partial charge in [-0.15, -0.1) is 11.3 Å². The van der Waals surface area contributed by atoms with E-state index in [9.17, 15) is 9.90 Å². The van der Waals surface area contributed by atoms with Crippen molar-refractivity contribution in [2.75, 3.05) is 6.54 Å². The molecule has 1 aromatic heterocycles. The summed E-state index contributed by atoms with van der Waals surface area (Å²) in [4.78, 5) is 12.9. The molecule has 0 saturated carbocycles. The Labute approximate surface area is 129 Å². The number of amides is 1. The molecule has 104 valence electrons. The number of aryl methyl sites for hydroxylation is 1. The highest BCUT2D eigenvalue weighted by Crippen LogP contribution is 2.33.